The molecule has 1 saturated carbocycles. The Morgan fingerprint density at radius 3 is 2.43 bits per heavy atom. The van der Waals surface area contributed by atoms with Gasteiger partial charge in [-0.1, -0.05) is 24.3 Å². The lowest BCUT2D eigenvalue weighted by Gasteiger charge is -2.22. The van der Waals surface area contributed by atoms with Crippen LogP contribution in [0, 0.1) is 10.1 Å². The molecule has 146 valence electrons. The van der Waals surface area contributed by atoms with E-state index in [0.29, 0.717) is 6.54 Å². The molecule has 0 bridgehead atoms. The summed E-state index contributed by atoms with van der Waals surface area (Å²) in [5.41, 5.74) is 0.414. The van der Waals surface area contributed by atoms with Crippen molar-refractivity contribution in [1.82, 2.24) is 4.90 Å². The zero-order valence-corrected chi connectivity index (χ0v) is 15.4. The second kappa shape index (κ2) is 8.51. The molecule has 0 heterocycles. The van der Waals surface area contributed by atoms with E-state index in [0.717, 1.165) is 24.2 Å². The highest BCUT2D eigenvalue weighted by atomic mass is 16.6. The van der Waals surface area contributed by atoms with E-state index in [2.05, 4.69) is 0 Å². The van der Waals surface area contributed by atoms with Gasteiger partial charge in [0.2, 0.25) is 0 Å². The molecule has 1 aliphatic carbocycles. The first-order valence-corrected chi connectivity index (χ1v) is 8.82. The fourth-order valence-electron chi connectivity index (χ4n) is 2.83. The zero-order valence-electron chi connectivity index (χ0n) is 15.4. The number of esters is 1. The maximum Gasteiger partial charge on any atom is 0.345 e. The lowest BCUT2D eigenvalue weighted by molar-refractivity contribution is -0.385. The molecule has 1 amide bonds. The fourth-order valence-corrected chi connectivity index (χ4v) is 2.83. The van der Waals surface area contributed by atoms with Gasteiger partial charge in [-0.25, -0.2) is 4.79 Å². The van der Waals surface area contributed by atoms with E-state index in [1.54, 1.807) is 12.0 Å². The Labute approximate surface area is 161 Å². The monoisotopic (exact) mass is 384 g/mol. The summed E-state index contributed by atoms with van der Waals surface area (Å²) in [7, 11) is 1.58. The van der Waals surface area contributed by atoms with E-state index in [1.165, 1.54) is 24.3 Å². The van der Waals surface area contributed by atoms with Gasteiger partial charge in [0.25, 0.3) is 11.6 Å². The van der Waals surface area contributed by atoms with Crippen LogP contribution in [0.5, 0.6) is 5.75 Å². The number of nitro groups is 1. The van der Waals surface area contributed by atoms with Gasteiger partial charge in [0.15, 0.2) is 6.61 Å². The van der Waals surface area contributed by atoms with Crippen molar-refractivity contribution in [1.29, 1.82) is 0 Å². The summed E-state index contributed by atoms with van der Waals surface area (Å²) < 4.78 is 10.2. The molecule has 8 nitrogen and oxygen atoms in total. The molecule has 3 rings (SSSR count). The van der Waals surface area contributed by atoms with E-state index in [1.807, 2.05) is 24.3 Å². The molecule has 28 heavy (non-hydrogen) atoms. The maximum atomic E-state index is 12.6. The molecule has 0 aliphatic heterocycles. The van der Waals surface area contributed by atoms with Crippen LogP contribution in [0.4, 0.5) is 5.69 Å². The minimum absolute atomic E-state index is 0.124. The van der Waals surface area contributed by atoms with Crippen molar-refractivity contribution in [3.63, 3.8) is 0 Å². The second-order valence-electron chi connectivity index (χ2n) is 6.45. The van der Waals surface area contributed by atoms with Gasteiger partial charge in [-0.2, -0.15) is 0 Å². The molecular weight excluding hydrogens is 364 g/mol. The van der Waals surface area contributed by atoms with Gasteiger partial charge in [0.05, 0.1) is 12.0 Å². The number of nitrogens with zero attached hydrogens (tertiary/aromatic N) is 2. The molecule has 0 saturated heterocycles. The predicted octanol–water partition coefficient (Wildman–Crippen LogP) is 2.95. The third-order valence-electron chi connectivity index (χ3n) is 4.47. The molecule has 8 heteroatoms. The number of para-hydroxylation sites is 1. The van der Waals surface area contributed by atoms with Gasteiger partial charge in [0.1, 0.15) is 11.3 Å². The van der Waals surface area contributed by atoms with Crippen molar-refractivity contribution in [2.45, 2.75) is 25.4 Å². The van der Waals surface area contributed by atoms with Gasteiger partial charge in [-0.3, -0.25) is 14.9 Å². The van der Waals surface area contributed by atoms with E-state index in [4.69, 9.17) is 9.47 Å². The molecule has 0 aromatic heterocycles. The minimum atomic E-state index is -0.888. The predicted molar refractivity (Wildman–Crippen MR) is 99.9 cm³/mol. The SMILES string of the molecule is COc1ccc(CN(C(=O)COC(=O)c2ccccc2[N+](=O)[O-])C2CC2)cc1. The molecule has 0 unspecified atom stereocenters. The molecule has 0 N–H and O–H groups in total. The van der Waals surface area contributed by atoms with E-state index < -0.39 is 17.5 Å². The average Bonchev–Trinajstić information content (AvgIpc) is 3.55. The number of benzene rings is 2. The van der Waals surface area contributed by atoms with Crippen molar-refractivity contribution < 1.29 is 24.0 Å². The van der Waals surface area contributed by atoms with Crippen LogP contribution >= 0.6 is 0 Å². The van der Waals surface area contributed by atoms with Gasteiger partial charge < -0.3 is 14.4 Å². The van der Waals surface area contributed by atoms with Crippen LogP contribution in [0.1, 0.15) is 28.8 Å². The number of carbonyl (C=O) groups is 2. The Morgan fingerprint density at radius 1 is 1.14 bits per heavy atom. The third-order valence-corrected chi connectivity index (χ3v) is 4.47. The number of nitro benzene ring substituents is 1. The summed E-state index contributed by atoms with van der Waals surface area (Å²) in [4.78, 5) is 36.9. The number of carbonyl (C=O) groups excluding carboxylic acids is 2. The molecule has 0 spiro atoms. The summed E-state index contributed by atoms with van der Waals surface area (Å²) in [5.74, 6) is -0.488. The number of hydrogen-bond acceptors (Lipinski definition) is 6. The van der Waals surface area contributed by atoms with Crippen molar-refractivity contribution in [3.8, 4) is 5.75 Å². The molecule has 0 atom stereocenters. The minimum Gasteiger partial charge on any atom is -0.497 e. The average molecular weight is 384 g/mol. The molecule has 1 aliphatic rings. The summed E-state index contributed by atoms with van der Waals surface area (Å²) in [6.07, 6.45) is 1.81. The number of hydrogen-bond donors (Lipinski definition) is 0. The quantitative estimate of drug-likeness (QED) is 0.394. The summed E-state index contributed by atoms with van der Waals surface area (Å²) in [6.45, 7) is -0.0614. The van der Waals surface area contributed by atoms with Crippen LogP contribution in [-0.2, 0) is 16.1 Å². The second-order valence-corrected chi connectivity index (χ2v) is 6.45. The van der Waals surface area contributed by atoms with Crippen LogP contribution in [0.3, 0.4) is 0 Å². The standard InChI is InChI=1S/C20H20N2O6/c1-27-16-10-6-14(7-11-16)12-21(15-8-9-15)19(23)13-28-20(24)17-4-2-3-5-18(17)22(25)26/h2-7,10-11,15H,8-9,12-13H2,1H3. The summed E-state index contributed by atoms with van der Waals surface area (Å²) in [5, 5.41) is 11.0. The van der Waals surface area contributed by atoms with E-state index in [9.17, 15) is 19.7 Å². The van der Waals surface area contributed by atoms with Crippen molar-refractivity contribution >= 4 is 17.6 Å². The van der Waals surface area contributed by atoms with Gasteiger partial charge in [-0.15, -0.1) is 0 Å². The number of amides is 1. The Kier molecular flexibility index (Phi) is 5.88. The highest BCUT2D eigenvalue weighted by Crippen LogP contribution is 2.29. The highest BCUT2D eigenvalue weighted by Gasteiger charge is 2.33. The van der Waals surface area contributed by atoms with E-state index in [-0.39, 0.29) is 23.2 Å². The number of ether oxygens (including phenoxy) is 2. The first-order valence-electron chi connectivity index (χ1n) is 8.82. The molecule has 2 aromatic carbocycles. The van der Waals surface area contributed by atoms with Gasteiger partial charge >= 0.3 is 5.97 Å². The van der Waals surface area contributed by atoms with Crippen LogP contribution in [0.15, 0.2) is 48.5 Å². The summed E-state index contributed by atoms with van der Waals surface area (Å²) in [6, 6.07) is 13.0. The highest BCUT2D eigenvalue weighted by molar-refractivity contribution is 5.95. The number of rotatable bonds is 8. The maximum absolute atomic E-state index is 12.6. The normalized spacial score (nSPS) is 12.9. The van der Waals surface area contributed by atoms with Crippen LogP contribution in [0.2, 0.25) is 0 Å². The molecular formula is C20H20N2O6. The first-order chi connectivity index (χ1) is 13.5. The largest absolute Gasteiger partial charge is 0.497 e. The summed E-state index contributed by atoms with van der Waals surface area (Å²) >= 11 is 0. The van der Waals surface area contributed by atoms with Crippen molar-refractivity contribution in [2.24, 2.45) is 0 Å². The van der Waals surface area contributed by atoms with Crippen LogP contribution in [-0.4, -0.2) is 41.5 Å². The first kappa shape index (κ1) is 19.3. The lowest BCUT2D eigenvalue weighted by atomic mass is 10.2. The van der Waals surface area contributed by atoms with Crippen LogP contribution in [0.25, 0.3) is 0 Å². The Bertz CT molecular complexity index is 877. The Morgan fingerprint density at radius 2 is 1.82 bits per heavy atom. The lowest BCUT2D eigenvalue weighted by Crippen LogP contribution is -2.36. The Balaban J connectivity index is 1.63. The Hall–Kier alpha value is -3.42. The molecule has 1 fully saturated rings. The third kappa shape index (κ3) is 4.64. The molecule has 0 radical (unpaired) electrons. The zero-order chi connectivity index (χ0) is 20.1. The van der Waals surface area contributed by atoms with Gasteiger partial charge in [-0.05, 0) is 36.6 Å². The topological polar surface area (TPSA) is 99.0 Å². The van der Waals surface area contributed by atoms with Crippen molar-refractivity contribution in [2.75, 3.05) is 13.7 Å². The van der Waals surface area contributed by atoms with Gasteiger partial charge in [0, 0.05) is 18.7 Å². The van der Waals surface area contributed by atoms with Crippen molar-refractivity contribution in [3.05, 3.63) is 69.8 Å². The smallest absolute Gasteiger partial charge is 0.345 e. The fraction of sp³-hybridized carbons (Fsp3) is 0.300. The molecule has 2 aromatic rings. The van der Waals surface area contributed by atoms with E-state index >= 15 is 0 Å². The van der Waals surface area contributed by atoms with Crippen LogP contribution < -0.4 is 4.74 Å². The number of methoxy groups -OCH3 is 1.